The summed E-state index contributed by atoms with van der Waals surface area (Å²) in [6.45, 7) is 3.16. The Hall–Kier alpha value is -1.26. The lowest BCUT2D eigenvalue weighted by molar-refractivity contribution is -0.121. The third kappa shape index (κ3) is 6.52. The molecule has 10 nitrogen and oxygen atoms in total. The molecule has 1 unspecified atom stereocenters. The van der Waals surface area contributed by atoms with Gasteiger partial charge in [0, 0.05) is 19.2 Å². The second kappa shape index (κ2) is 10.0. The van der Waals surface area contributed by atoms with Gasteiger partial charge in [-0.25, -0.2) is 4.79 Å². The first-order valence-electron chi connectivity index (χ1n) is 7.56. The second-order valence-electron chi connectivity index (χ2n) is 4.86. The number of hydrogen-bond donors (Lipinski definition) is 3. The summed E-state index contributed by atoms with van der Waals surface area (Å²) in [7, 11) is -3.65. The van der Waals surface area contributed by atoms with Crippen LogP contribution in [-0.4, -0.2) is 46.2 Å². The summed E-state index contributed by atoms with van der Waals surface area (Å²) in [4.78, 5) is 36.7. The van der Waals surface area contributed by atoms with Crippen molar-refractivity contribution in [2.24, 2.45) is 0 Å². The Morgan fingerprint density at radius 2 is 2.00 bits per heavy atom. The lowest BCUT2D eigenvalue weighted by atomic mass is 10.4. The van der Waals surface area contributed by atoms with Gasteiger partial charge in [-0.15, -0.1) is 0 Å². The highest BCUT2D eigenvalue weighted by atomic mass is 79.9. The smallest absolute Gasteiger partial charge is 0.358 e. The predicted molar refractivity (Wildman–Crippen MR) is 93.5 cm³/mol. The number of aromatic nitrogens is 2. The van der Waals surface area contributed by atoms with E-state index < -0.39 is 30.6 Å². The molecule has 0 aliphatic rings. The van der Waals surface area contributed by atoms with Gasteiger partial charge in [0.05, 0.1) is 17.7 Å². The minimum Gasteiger partial charge on any atom is -0.380 e. The lowest BCUT2D eigenvalue weighted by Crippen LogP contribution is -2.36. The van der Waals surface area contributed by atoms with Gasteiger partial charge in [0.1, 0.15) is 6.54 Å². The van der Waals surface area contributed by atoms with Crippen LogP contribution in [0, 0.1) is 0 Å². The summed E-state index contributed by atoms with van der Waals surface area (Å²) < 4.78 is 23.5. The topological polar surface area (TPSA) is 140 Å². The Bertz CT molecular complexity index is 738. The van der Waals surface area contributed by atoms with E-state index >= 15 is 0 Å². The fourth-order valence-electron chi connectivity index (χ4n) is 1.88. The van der Waals surface area contributed by atoms with E-state index in [1.54, 1.807) is 13.8 Å². The van der Waals surface area contributed by atoms with Crippen molar-refractivity contribution >= 4 is 29.4 Å². The SMILES string of the molecule is CCOP(=O)(OCC)C(O)CCNC(=O)Cn1cc(Br)c(=O)[nH]c1=O. The number of nitrogens with one attached hydrogen (secondary N) is 2. The van der Waals surface area contributed by atoms with Crippen molar-refractivity contribution in [2.45, 2.75) is 32.7 Å². The molecule has 142 valence electrons. The van der Waals surface area contributed by atoms with Crippen LogP contribution in [0.25, 0.3) is 0 Å². The molecule has 1 heterocycles. The number of carbonyl (C=O) groups excluding carboxylic acids is 1. The molecule has 0 spiro atoms. The maximum atomic E-state index is 12.3. The zero-order chi connectivity index (χ0) is 19.0. The Labute approximate surface area is 152 Å². The molecule has 0 aromatic carbocycles. The van der Waals surface area contributed by atoms with E-state index in [0.29, 0.717) is 0 Å². The third-order valence-corrected chi connectivity index (χ3v) is 5.78. The van der Waals surface area contributed by atoms with E-state index in [1.165, 1.54) is 6.20 Å². The lowest BCUT2D eigenvalue weighted by Gasteiger charge is -2.22. The predicted octanol–water partition coefficient (Wildman–Crippen LogP) is 0.390. The fraction of sp³-hybridized carbons (Fsp3) is 0.615. The van der Waals surface area contributed by atoms with Crippen LogP contribution in [0.5, 0.6) is 0 Å². The maximum Gasteiger partial charge on any atom is 0.358 e. The van der Waals surface area contributed by atoms with Crippen LogP contribution in [0.15, 0.2) is 20.3 Å². The van der Waals surface area contributed by atoms with Crippen molar-refractivity contribution in [1.82, 2.24) is 14.9 Å². The average Bonchev–Trinajstić information content (AvgIpc) is 2.53. The quantitative estimate of drug-likeness (QED) is 0.446. The molecule has 1 atom stereocenters. The van der Waals surface area contributed by atoms with E-state index in [1.807, 2.05) is 4.98 Å². The van der Waals surface area contributed by atoms with E-state index in [0.717, 1.165) is 4.57 Å². The number of hydrogen-bond acceptors (Lipinski definition) is 7. The molecule has 12 heteroatoms. The van der Waals surface area contributed by atoms with Crippen molar-refractivity contribution < 1.29 is 23.5 Å². The minimum absolute atomic E-state index is 0.00339. The summed E-state index contributed by atoms with van der Waals surface area (Å²) in [6.07, 6.45) is 1.15. The van der Waals surface area contributed by atoms with Crippen LogP contribution in [0.3, 0.4) is 0 Å². The molecule has 25 heavy (non-hydrogen) atoms. The standard InChI is InChI=1S/C13H21BrN3O7P/c1-3-23-25(22,24-4-2)11(19)5-6-15-10(18)8-17-7-9(14)12(20)16-13(17)21/h7,11,19H,3-6,8H2,1-2H3,(H,15,18)(H,16,20,21). The molecule has 0 radical (unpaired) electrons. The largest absolute Gasteiger partial charge is 0.380 e. The van der Waals surface area contributed by atoms with Gasteiger partial charge in [-0.05, 0) is 29.8 Å². The van der Waals surface area contributed by atoms with Gasteiger partial charge in [-0.2, -0.15) is 0 Å². The molecule has 0 saturated carbocycles. The molecule has 1 amide bonds. The van der Waals surface area contributed by atoms with Gasteiger partial charge < -0.3 is 19.5 Å². The monoisotopic (exact) mass is 441 g/mol. The van der Waals surface area contributed by atoms with Crippen molar-refractivity contribution in [2.75, 3.05) is 19.8 Å². The molecule has 1 aromatic heterocycles. The molecular weight excluding hydrogens is 421 g/mol. The van der Waals surface area contributed by atoms with Gasteiger partial charge in [0.2, 0.25) is 5.91 Å². The normalized spacial score (nSPS) is 12.8. The maximum absolute atomic E-state index is 12.3. The average molecular weight is 442 g/mol. The highest BCUT2D eigenvalue weighted by Crippen LogP contribution is 2.52. The zero-order valence-corrected chi connectivity index (χ0v) is 16.3. The molecule has 0 fully saturated rings. The highest BCUT2D eigenvalue weighted by molar-refractivity contribution is 9.10. The van der Waals surface area contributed by atoms with Crippen molar-refractivity contribution in [3.8, 4) is 0 Å². The van der Waals surface area contributed by atoms with Crippen molar-refractivity contribution in [3.63, 3.8) is 0 Å². The highest BCUT2D eigenvalue weighted by Gasteiger charge is 2.33. The van der Waals surface area contributed by atoms with Crippen molar-refractivity contribution in [3.05, 3.63) is 31.5 Å². The van der Waals surface area contributed by atoms with Gasteiger partial charge in [0.15, 0.2) is 5.85 Å². The van der Waals surface area contributed by atoms with Crippen LogP contribution in [0.2, 0.25) is 0 Å². The molecule has 1 aromatic rings. The fourth-order valence-corrected chi connectivity index (χ4v) is 3.81. The molecular formula is C13H21BrN3O7P. The first kappa shape index (κ1) is 21.8. The van der Waals surface area contributed by atoms with Crippen LogP contribution in [0.4, 0.5) is 0 Å². The Morgan fingerprint density at radius 1 is 1.40 bits per heavy atom. The number of aliphatic hydroxyl groups is 1. The van der Waals surface area contributed by atoms with Gasteiger partial charge in [0.25, 0.3) is 5.56 Å². The number of aromatic amines is 1. The van der Waals surface area contributed by atoms with Crippen LogP contribution in [-0.2, 0) is 25.0 Å². The molecule has 1 rings (SSSR count). The number of halogens is 1. The number of H-pyrrole nitrogens is 1. The summed E-state index contributed by atoms with van der Waals surface area (Å²) >= 11 is 2.97. The van der Waals surface area contributed by atoms with E-state index in [2.05, 4.69) is 21.2 Å². The summed E-state index contributed by atoms with van der Waals surface area (Å²) in [6, 6.07) is 0. The number of amides is 1. The summed E-state index contributed by atoms with van der Waals surface area (Å²) in [5.41, 5.74) is -1.31. The van der Waals surface area contributed by atoms with E-state index in [4.69, 9.17) is 9.05 Å². The van der Waals surface area contributed by atoms with Crippen molar-refractivity contribution in [1.29, 1.82) is 0 Å². The van der Waals surface area contributed by atoms with Crippen LogP contribution < -0.4 is 16.6 Å². The van der Waals surface area contributed by atoms with Crippen LogP contribution in [0.1, 0.15) is 20.3 Å². The Morgan fingerprint density at radius 3 is 2.56 bits per heavy atom. The third-order valence-electron chi connectivity index (χ3n) is 2.99. The molecule has 0 saturated heterocycles. The van der Waals surface area contributed by atoms with Crippen LogP contribution >= 0.6 is 23.5 Å². The number of nitrogens with zero attached hydrogens (tertiary/aromatic N) is 1. The first-order valence-corrected chi connectivity index (χ1v) is 9.96. The van der Waals surface area contributed by atoms with E-state index in [-0.39, 0.29) is 37.2 Å². The first-order chi connectivity index (χ1) is 11.7. The number of aliphatic hydroxyl groups excluding tert-OH is 1. The number of carbonyl (C=O) groups is 1. The van der Waals surface area contributed by atoms with E-state index in [9.17, 15) is 24.1 Å². The zero-order valence-electron chi connectivity index (χ0n) is 13.9. The molecule has 0 aliphatic heterocycles. The second-order valence-corrected chi connectivity index (χ2v) is 7.91. The Balaban J connectivity index is 2.57. The molecule has 0 aliphatic carbocycles. The van der Waals surface area contributed by atoms with Gasteiger partial charge in [-0.3, -0.25) is 23.7 Å². The number of rotatable bonds is 10. The summed E-state index contributed by atoms with van der Waals surface area (Å²) in [5, 5.41) is 12.5. The van der Waals surface area contributed by atoms with Gasteiger partial charge in [-0.1, -0.05) is 0 Å². The molecule has 0 bridgehead atoms. The Kier molecular flexibility index (Phi) is 8.74. The summed E-state index contributed by atoms with van der Waals surface area (Å²) in [5.74, 6) is -1.89. The van der Waals surface area contributed by atoms with Gasteiger partial charge >= 0.3 is 13.3 Å². The minimum atomic E-state index is -3.65. The molecule has 3 N–H and O–H groups in total.